The molecule has 0 amide bonds. The molecule has 1 N–H and O–H groups in total. The number of hydrogen-bond donors (Lipinski definition) is 1. The minimum absolute atomic E-state index is 0.00922. The summed E-state index contributed by atoms with van der Waals surface area (Å²) in [6.45, 7) is 0.945. The maximum Gasteiger partial charge on any atom is 0.303 e. The fourth-order valence-electron chi connectivity index (χ4n) is 2.19. The molecule has 0 fully saturated rings. The highest BCUT2D eigenvalue weighted by atomic mass is 19.1. The number of ether oxygens (including phenoxy) is 3. The topological polar surface area (TPSA) is 65.0 Å². The summed E-state index contributed by atoms with van der Waals surface area (Å²) < 4.78 is 30.1. The van der Waals surface area contributed by atoms with Crippen LogP contribution in [0.4, 0.5) is 4.39 Å². The Hall–Kier alpha value is -1.98. The average Bonchev–Trinajstić information content (AvgIpc) is 2.63. The van der Waals surface area contributed by atoms with Crippen LogP contribution in [0.2, 0.25) is 0 Å². The maximum absolute atomic E-state index is 14.0. The highest BCUT2D eigenvalue weighted by molar-refractivity contribution is 5.66. The number of hydrogen-bond acceptors (Lipinski definition) is 4. The van der Waals surface area contributed by atoms with Crippen LogP contribution in [0.25, 0.3) is 0 Å². The quantitative estimate of drug-likeness (QED) is 0.899. The van der Waals surface area contributed by atoms with Crippen LogP contribution in [0.3, 0.4) is 0 Å². The van der Waals surface area contributed by atoms with Gasteiger partial charge in [-0.05, 0) is 12.8 Å². The molecule has 1 aliphatic rings. The fourth-order valence-corrected chi connectivity index (χ4v) is 2.19. The Balaban J connectivity index is 2.34. The zero-order valence-corrected chi connectivity index (χ0v) is 11.3. The predicted molar refractivity (Wildman–Crippen MR) is 69.1 cm³/mol. The van der Waals surface area contributed by atoms with Crippen molar-refractivity contribution in [2.45, 2.75) is 25.7 Å². The second kappa shape index (κ2) is 6.45. The fraction of sp³-hybridized carbons (Fsp3) is 0.500. The van der Waals surface area contributed by atoms with Gasteiger partial charge in [0.2, 0.25) is 0 Å². The van der Waals surface area contributed by atoms with Crippen molar-refractivity contribution in [3.8, 4) is 17.2 Å². The molecule has 1 heterocycles. The average molecular weight is 284 g/mol. The van der Waals surface area contributed by atoms with Crippen LogP contribution >= 0.6 is 0 Å². The number of carboxylic acids is 1. The molecule has 0 aliphatic carbocycles. The summed E-state index contributed by atoms with van der Waals surface area (Å²) in [4.78, 5) is 10.6. The first-order valence-corrected chi connectivity index (χ1v) is 6.50. The van der Waals surface area contributed by atoms with Crippen molar-refractivity contribution in [1.29, 1.82) is 0 Å². The van der Waals surface area contributed by atoms with E-state index in [0.29, 0.717) is 49.5 Å². The van der Waals surface area contributed by atoms with Gasteiger partial charge < -0.3 is 19.3 Å². The number of aliphatic carboxylic acids is 1. The van der Waals surface area contributed by atoms with Crippen molar-refractivity contribution in [3.63, 3.8) is 0 Å². The van der Waals surface area contributed by atoms with Gasteiger partial charge in [0.15, 0.2) is 23.1 Å². The maximum atomic E-state index is 14.0. The van der Waals surface area contributed by atoms with Crippen molar-refractivity contribution < 1.29 is 28.5 Å². The van der Waals surface area contributed by atoms with Gasteiger partial charge in [-0.15, -0.1) is 0 Å². The summed E-state index contributed by atoms with van der Waals surface area (Å²) in [5, 5.41) is 8.69. The molecule has 20 heavy (non-hydrogen) atoms. The summed E-state index contributed by atoms with van der Waals surface area (Å²) in [6, 6.07) is 1.25. The van der Waals surface area contributed by atoms with E-state index >= 15 is 0 Å². The second-order valence-corrected chi connectivity index (χ2v) is 4.50. The molecule has 5 nitrogen and oxygen atoms in total. The third-order valence-electron chi connectivity index (χ3n) is 3.06. The summed E-state index contributed by atoms with van der Waals surface area (Å²) in [6.07, 6.45) is 1.46. The molecule has 110 valence electrons. The van der Waals surface area contributed by atoms with E-state index in [1.54, 1.807) is 0 Å². The van der Waals surface area contributed by atoms with E-state index in [1.807, 2.05) is 0 Å². The van der Waals surface area contributed by atoms with Gasteiger partial charge in [0, 0.05) is 24.5 Å². The van der Waals surface area contributed by atoms with E-state index in [2.05, 4.69) is 0 Å². The first kappa shape index (κ1) is 14.4. The Morgan fingerprint density at radius 1 is 1.45 bits per heavy atom. The highest BCUT2D eigenvalue weighted by Crippen LogP contribution is 2.41. The van der Waals surface area contributed by atoms with Gasteiger partial charge in [0.1, 0.15) is 0 Å². The number of methoxy groups -OCH3 is 1. The van der Waals surface area contributed by atoms with Gasteiger partial charge in [0.05, 0.1) is 20.3 Å². The van der Waals surface area contributed by atoms with Crippen molar-refractivity contribution in [1.82, 2.24) is 0 Å². The van der Waals surface area contributed by atoms with E-state index in [0.717, 1.165) is 0 Å². The third-order valence-corrected chi connectivity index (χ3v) is 3.06. The summed E-state index contributed by atoms with van der Waals surface area (Å²) in [7, 11) is 1.38. The highest BCUT2D eigenvalue weighted by Gasteiger charge is 2.23. The minimum Gasteiger partial charge on any atom is -0.493 e. The molecule has 1 aliphatic heterocycles. The molecule has 0 saturated carbocycles. The van der Waals surface area contributed by atoms with Crippen LogP contribution < -0.4 is 14.2 Å². The number of rotatable bonds is 5. The van der Waals surface area contributed by atoms with E-state index in [-0.39, 0.29) is 12.2 Å². The first-order valence-electron chi connectivity index (χ1n) is 6.50. The molecule has 0 bridgehead atoms. The summed E-state index contributed by atoms with van der Waals surface area (Å²) in [5.41, 5.74) is 0.533. The molecule has 0 atom stereocenters. The summed E-state index contributed by atoms with van der Waals surface area (Å²) in [5.74, 6) is -0.498. The van der Waals surface area contributed by atoms with Crippen LogP contribution in [-0.4, -0.2) is 31.4 Å². The molecule has 0 unspecified atom stereocenters. The van der Waals surface area contributed by atoms with Crippen LogP contribution in [0.5, 0.6) is 17.2 Å². The number of carbonyl (C=O) groups is 1. The molecule has 0 spiro atoms. The molecule has 0 radical (unpaired) electrons. The molecule has 0 saturated heterocycles. The summed E-state index contributed by atoms with van der Waals surface area (Å²) >= 11 is 0. The molecule has 1 aromatic rings. The van der Waals surface area contributed by atoms with Gasteiger partial charge in [0.25, 0.3) is 0 Å². The molecule has 2 rings (SSSR count). The van der Waals surface area contributed by atoms with Crippen LogP contribution in [0.15, 0.2) is 6.07 Å². The van der Waals surface area contributed by atoms with Crippen LogP contribution in [-0.2, 0) is 11.2 Å². The Morgan fingerprint density at radius 3 is 2.90 bits per heavy atom. The number of benzene rings is 1. The lowest BCUT2D eigenvalue weighted by Crippen LogP contribution is -2.04. The standard InChI is InChI=1S/C14H17FO5/c1-18-13-9(4-2-5-12(16)17)14-11(8-10(13)15)19-6-3-7-20-14/h8H,2-7H2,1H3,(H,16,17). The largest absolute Gasteiger partial charge is 0.493 e. The number of fused-ring (bicyclic) bond motifs is 1. The third kappa shape index (κ3) is 3.12. The minimum atomic E-state index is -0.886. The Kier molecular flexibility index (Phi) is 4.65. The van der Waals surface area contributed by atoms with E-state index < -0.39 is 11.8 Å². The van der Waals surface area contributed by atoms with E-state index in [9.17, 15) is 9.18 Å². The second-order valence-electron chi connectivity index (χ2n) is 4.50. The van der Waals surface area contributed by atoms with E-state index in [4.69, 9.17) is 19.3 Å². The SMILES string of the molecule is COc1c(F)cc2c(c1CCCC(=O)O)OCCCO2. The number of halogens is 1. The molecular formula is C14H17FO5. The van der Waals surface area contributed by atoms with Gasteiger partial charge in [-0.2, -0.15) is 0 Å². The monoisotopic (exact) mass is 284 g/mol. The number of carboxylic acid groups (broad SMARTS) is 1. The van der Waals surface area contributed by atoms with Gasteiger partial charge in [-0.25, -0.2) is 4.39 Å². The van der Waals surface area contributed by atoms with Gasteiger partial charge >= 0.3 is 5.97 Å². The lowest BCUT2D eigenvalue weighted by atomic mass is 10.0. The predicted octanol–water partition coefficient (Wildman–Crippen LogP) is 2.40. The van der Waals surface area contributed by atoms with Crippen molar-refractivity contribution in [2.75, 3.05) is 20.3 Å². The smallest absolute Gasteiger partial charge is 0.303 e. The van der Waals surface area contributed by atoms with Crippen LogP contribution in [0, 0.1) is 5.82 Å². The lowest BCUT2D eigenvalue weighted by Gasteiger charge is -2.16. The Bertz CT molecular complexity index is 501. The zero-order valence-electron chi connectivity index (χ0n) is 11.3. The Morgan fingerprint density at radius 2 is 2.20 bits per heavy atom. The normalized spacial score (nSPS) is 13.7. The van der Waals surface area contributed by atoms with Crippen molar-refractivity contribution >= 4 is 5.97 Å². The van der Waals surface area contributed by atoms with Gasteiger partial charge in [-0.1, -0.05) is 0 Å². The van der Waals surface area contributed by atoms with Crippen molar-refractivity contribution in [3.05, 3.63) is 17.4 Å². The molecule has 6 heteroatoms. The molecule has 0 aromatic heterocycles. The van der Waals surface area contributed by atoms with Gasteiger partial charge in [-0.3, -0.25) is 4.79 Å². The molecular weight excluding hydrogens is 267 g/mol. The van der Waals surface area contributed by atoms with E-state index in [1.165, 1.54) is 13.2 Å². The first-order chi connectivity index (χ1) is 9.63. The zero-order chi connectivity index (χ0) is 14.5. The molecule has 1 aromatic carbocycles. The lowest BCUT2D eigenvalue weighted by molar-refractivity contribution is -0.137. The Labute approximate surface area is 116 Å². The van der Waals surface area contributed by atoms with Crippen molar-refractivity contribution in [2.24, 2.45) is 0 Å². The van der Waals surface area contributed by atoms with Crippen LogP contribution in [0.1, 0.15) is 24.8 Å².